The van der Waals surface area contributed by atoms with Gasteiger partial charge in [0.15, 0.2) is 0 Å². The number of hydrogen-bond donors (Lipinski definition) is 0. The predicted octanol–water partition coefficient (Wildman–Crippen LogP) is 2.94. The normalized spacial score (nSPS) is 12.8. The summed E-state index contributed by atoms with van der Waals surface area (Å²) in [4.78, 5) is 50.8. The number of rotatable bonds is 7. The van der Waals surface area contributed by atoms with Gasteiger partial charge in [-0.25, -0.2) is 0 Å². The Morgan fingerprint density at radius 2 is 1.72 bits per heavy atom. The van der Waals surface area contributed by atoms with E-state index in [1.165, 1.54) is 12.1 Å². The molecule has 0 aliphatic carbocycles. The van der Waals surface area contributed by atoms with Crippen LogP contribution < -0.4 is 0 Å². The van der Waals surface area contributed by atoms with Crippen molar-refractivity contribution in [2.75, 3.05) is 13.1 Å². The summed E-state index contributed by atoms with van der Waals surface area (Å²) in [5, 5.41) is 10.9. The zero-order chi connectivity index (χ0) is 21.1. The molecule has 0 fully saturated rings. The summed E-state index contributed by atoms with van der Waals surface area (Å²) in [5.41, 5.74) is 1.83. The molecular formula is C21H21N3O5. The molecule has 8 heteroatoms. The van der Waals surface area contributed by atoms with Gasteiger partial charge in [0.25, 0.3) is 17.5 Å². The molecule has 0 bridgehead atoms. The Morgan fingerprint density at radius 1 is 1.07 bits per heavy atom. The lowest BCUT2D eigenvalue weighted by atomic mass is 10.1. The molecule has 1 heterocycles. The van der Waals surface area contributed by atoms with Gasteiger partial charge >= 0.3 is 0 Å². The van der Waals surface area contributed by atoms with Gasteiger partial charge in [-0.1, -0.05) is 36.8 Å². The van der Waals surface area contributed by atoms with Gasteiger partial charge in [0.2, 0.25) is 5.91 Å². The molecule has 8 nitrogen and oxygen atoms in total. The first-order chi connectivity index (χ1) is 13.8. The molecule has 0 saturated carbocycles. The third-order valence-corrected chi connectivity index (χ3v) is 4.80. The van der Waals surface area contributed by atoms with Crippen LogP contribution in [0.2, 0.25) is 0 Å². The molecule has 0 unspecified atom stereocenters. The highest BCUT2D eigenvalue weighted by Crippen LogP contribution is 2.26. The van der Waals surface area contributed by atoms with Crippen molar-refractivity contribution in [3.8, 4) is 0 Å². The summed E-state index contributed by atoms with van der Waals surface area (Å²) < 4.78 is 0. The number of carbonyl (C=O) groups is 3. The maximum absolute atomic E-state index is 12.8. The van der Waals surface area contributed by atoms with Crippen LogP contribution in [0.25, 0.3) is 0 Å². The van der Waals surface area contributed by atoms with E-state index >= 15 is 0 Å². The van der Waals surface area contributed by atoms with Gasteiger partial charge in [0.05, 0.1) is 16.1 Å². The minimum Gasteiger partial charge on any atom is -0.337 e. The van der Waals surface area contributed by atoms with E-state index in [1.807, 2.05) is 38.1 Å². The van der Waals surface area contributed by atoms with Gasteiger partial charge in [0, 0.05) is 25.2 Å². The third-order valence-electron chi connectivity index (χ3n) is 4.80. The molecule has 2 aromatic carbocycles. The monoisotopic (exact) mass is 395 g/mol. The number of amides is 3. The summed E-state index contributed by atoms with van der Waals surface area (Å²) >= 11 is 0. The second kappa shape index (κ2) is 8.22. The molecule has 1 aliphatic rings. The summed E-state index contributed by atoms with van der Waals surface area (Å²) in [5.74, 6) is -1.65. The first-order valence-electron chi connectivity index (χ1n) is 9.29. The van der Waals surface area contributed by atoms with Crippen LogP contribution >= 0.6 is 0 Å². The van der Waals surface area contributed by atoms with Crippen molar-refractivity contribution >= 4 is 23.4 Å². The molecule has 0 N–H and O–H groups in total. The van der Waals surface area contributed by atoms with E-state index in [9.17, 15) is 24.5 Å². The van der Waals surface area contributed by atoms with Gasteiger partial charge in [0.1, 0.15) is 6.54 Å². The van der Waals surface area contributed by atoms with Crippen LogP contribution in [0.1, 0.15) is 45.2 Å². The van der Waals surface area contributed by atoms with Gasteiger partial charge in [-0.3, -0.25) is 29.4 Å². The van der Waals surface area contributed by atoms with Gasteiger partial charge < -0.3 is 4.90 Å². The SMILES string of the molecule is CCCN(Cc1ccc(C)cc1)C(=O)CN1C(=O)c2ccc([N+](=O)[O-])cc2C1=O. The number of hydrogen-bond acceptors (Lipinski definition) is 5. The molecule has 29 heavy (non-hydrogen) atoms. The number of non-ortho nitro benzene ring substituents is 1. The number of carbonyl (C=O) groups excluding carboxylic acids is 3. The lowest BCUT2D eigenvalue weighted by molar-refractivity contribution is -0.384. The largest absolute Gasteiger partial charge is 0.337 e. The second-order valence-corrected chi connectivity index (χ2v) is 6.98. The maximum atomic E-state index is 12.8. The van der Waals surface area contributed by atoms with E-state index < -0.39 is 23.3 Å². The van der Waals surface area contributed by atoms with Crippen LogP contribution in [-0.2, 0) is 11.3 Å². The van der Waals surface area contributed by atoms with Crippen LogP contribution in [0.5, 0.6) is 0 Å². The van der Waals surface area contributed by atoms with E-state index in [-0.39, 0.29) is 22.7 Å². The highest BCUT2D eigenvalue weighted by atomic mass is 16.6. The smallest absolute Gasteiger partial charge is 0.270 e. The van der Waals surface area contributed by atoms with Crippen LogP contribution in [-0.4, -0.2) is 45.5 Å². The quantitative estimate of drug-likeness (QED) is 0.408. The fourth-order valence-corrected chi connectivity index (χ4v) is 3.25. The van der Waals surface area contributed by atoms with Crippen molar-refractivity contribution in [3.63, 3.8) is 0 Å². The van der Waals surface area contributed by atoms with Crippen molar-refractivity contribution in [1.82, 2.24) is 9.80 Å². The lowest BCUT2D eigenvalue weighted by Gasteiger charge is -2.24. The minimum absolute atomic E-state index is 0.0439. The standard InChI is InChI=1S/C21H21N3O5/c1-3-10-22(12-15-6-4-14(2)5-7-15)19(25)13-23-20(26)17-9-8-16(24(28)29)11-18(17)21(23)27/h4-9,11H,3,10,12-13H2,1-2H3. The fraction of sp³-hybridized carbons (Fsp3) is 0.286. The van der Waals surface area contributed by atoms with E-state index in [2.05, 4.69) is 0 Å². The Morgan fingerprint density at radius 3 is 2.34 bits per heavy atom. The second-order valence-electron chi connectivity index (χ2n) is 6.98. The molecule has 2 aromatic rings. The molecule has 0 spiro atoms. The van der Waals surface area contributed by atoms with Gasteiger partial charge in [-0.15, -0.1) is 0 Å². The van der Waals surface area contributed by atoms with Crippen LogP contribution in [0, 0.1) is 17.0 Å². The third kappa shape index (κ3) is 4.16. The molecule has 3 amide bonds. The molecule has 1 aliphatic heterocycles. The summed E-state index contributed by atoms with van der Waals surface area (Å²) in [6, 6.07) is 11.3. The zero-order valence-electron chi connectivity index (χ0n) is 16.3. The number of imide groups is 1. The number of fused-ring (bicyclic) bond motifs is 1. The number of nitro benzene ring substituents is 1. The molecule has 0 aromatic heterocycles. The fourth-order valence-electron chi connectivity index (χ4n) is 3.25. The Bertz CT molecular complexity index is 984. The van der Waals surface area contributed by atoms with Crippen LogP contribution in [0.4, 0.5) is 5.69 Å². The first-order valence-corrected chi connectivity index (χ1v) is 9.29. The molecule has 3 rings (SSSR count). The number of aryl methyl sites for hydroxylation is 1. The summed E-state index contributed by atoms with van der Waals surface area (Å²) in [7, 11) is 0. The number of benzene rings is 2. The zero-order valence-corrected chi connectivity index (χ0v) is 16.3. The van der Waals surface area contributed by atoms with Crippen molar-refractivity contribution in [2.45, 2.75) is 26.8 Å². The highest BCUT2D eigenvalue weighted by Gasteiger charge is 2.38. The molecule has 0 atom stereocenters. The van der Waals surface area contributed by atoms with Gasteiger partial charge in [-0.05, 0) is 25.0 Å². The minimum atomic E-state index is -0.686. The first kappa shape index (κ1) is 20.2. The van der Waals surface area contributed by atoms with E-state index in [1.54, 1.807) is 4.90 Å². The Labute approximate surface area is 167 Å². The van der Waals surface area contributed by atoms with Crippen LogP contribution in [0.3, 0.4) is 0 Å². The summed E-state index contributed by atoms with van der Waals surface area (Å²) in [6.07, 6.45) is 0.728. The number of nitro groups is 1. The highest BCUT2D eigenvalue weighted by molar-refractivity contribution is 6.22. The van der Waals surface area contributed by atoms with Crippen molar-refractivity contribution < 1.29 is 19.3 Å². The topological polar surface area (TPSA) is 101 Å². The summed E-state index contributed by atoms with van der Waals surface area (Å²) in [6.45, 7) is 4.39. The predicted molar refractivity (Wildman–Crippen MR) is 105 cm³/mol. The Balaban J connectivity index is 1.77. The van der Waals surface area contributed by atoms with E-state index in [0.717, 1.165) is 28.5 Å². The molecule has 150 valence electrons. The molecule has 0 saturated heterocycles. The van der Waals surface area contributed by atoms with Crippen molar-refractivity contribution in [3.05, 3.63) is 74.8 Å². The average molecular weight is 395 g/mol. The molecule has 0 radical (unpaired) electrons. The molecular weight excluding hydrogens is 374 g/mol. The number of nitrogens with zero attached hydrogens (tertiary/aromatic N) is 3. The van der Waals surface area contributed by atoms with Gasteiger partial charge in [-0.2, -0.15) is 0 Å². The lowest BCUT2D eigenvalue weighted by Crippen LogP contribution is -2.42. The Kier molecular flexibility index (Phi) is 5.72. The van der Waals surface area contributed by atoms with E-state index in [4.69, 9.17) is 0 Å². The average Bonchev–Trinajstić information content (AvgIpc) is 2.93. The van der Waals surface area contributed by atoms with E-state index in [0.29, 0.717) is 13.1 Å². The maximum Gasteiger partial charge on any atom is 0.270 e. The Hall–Kier alpha value is -3.55. The van der Waals surface area contributed by atoms with Crippen molar-refractivity contribution in [2.24, 2.45) is 0 Å². The van der Waals surface area contributed by atoms with Crippen molar-refractivity contribution in [1.29, 1.82) is 0 Å². The van der Waals surface area contributed by atoms with Crippen LogP contribution in [0.15, 0.2) is 42.5 Å².